The monoisotopic (exact) mass is 411 g/mol. The third kappa shape index (κ3) is 5.88. The molecule has 0 unspecified atom stereocenters. The Morgan fingerprint density at radius 1 is 0.931 bits per heavy atom. The SMILES string of the molecule is CC/C=C(\CNC(=O)/C(=C/CC)c1ccccc1NC)c1cc(Cl)ccc1NC. The predicted octanol–water partition coefficient (Wildman–Crippen LogP) is 5.83. The van der Waals surface area contributed by atoms with Gasteiger partial charge in [0, 0.05) is 53.7 Å². The van der Waals surface area contributed by atoms with Crippen LogP contribution in [0.15, 0.2) is 54.6 Å². The molecular formula is C24H30ClN3O. The molecule has 0 fully saturated rings. The van der Waals surface area contributed by atoms with Gasteiger partial charge in [0.25, 0.3) is 5.91 Å². The van der Waals surface area contributed by atoms with Crippen LogP contribution < -0.4 is 16.0 Å². The van der Waals surface area contributed by atoms with E-state index in [2.05, 4.69) is 29.0 Å². The Balaban J connectivity index is 2.29. The molecule has 2 aromatic rings. The standard InChI is InChI=1S/C24H30ClN3O/c1-5-9-17(21-15-18(25)13-14-23(21)27-4)16-28-24(29)20(10-6-2)19-11-7-8-12-22(19)26-3/h7-15,26-27H,5-6,16H2,1-4H3,(H,28,29)/b17-9+,20-10+. The van der Waals surface area contributed by atoms with Gasteiger partial charge in [0.15, 0.2) is 0 Å². The molecule has 0 saturated carbocycles. The summed E-state index contributed by atoms with van der Waals surface area (Å²) >= 11 is 6.23. The number of anilines is 2. The summed E-state index contributed by atoms with van der Waals surface area (Å²) < 4.78 is 0. The van der Waals surface area contributed by atoms with Crippen molar-refractivity contribution in [3.05, 3.63) is 70.8 Å². The predicted molar refractivity (Wildman–Crippen MR) is 127 cm³/mol. The van der Waals surface area contributed by atoms with Gasteiger partial charge in [0.2, 0.25) is 0 Å². The highest BCUT2D eigenvalue weighted by atomic mass is 35.5. The highest BCUT2D eigenvalue weighted by molar-refractivity contribution is 6.31. The number of rotatable bonds is 9. The fraction of sp³-hybridized carbons (Fsp3) is 0.292. The van der Waals surface area contributed by atoms with Crippen LogP contribution in [0.25, 0.3) is 11.1 Å². The molecule has 0 aliphatic rings. The van der Waals surface area contributed by atoms with Gasteiger partial charge in [-0.15, -0.1) is 0 Å². The van der Waals surface area contributed by atoms with Crippen molar-refractivity contribution in [2.45, 2.75) is 26.7 Å². The molecule has 1 amide bonds. The number of hydrogen-bond donors (Lipinski definition) is 3. The van der Waals surface area contributed by atoms with E-state index in [0.717, 1.165) is 40.9 Å². The third-order valence-electron chi connectivity index (χ3n) is 4.63. The molecule has 0 aliphatic carbocycles. The zero-order valence-corrected chi connectivity index (χ0v) is 18.4. The van der Waals surface area contributed by atoms with Crippen LogP contribution in [0.5, 0.6) is 0 Å². The maximum Gasteiger partial charge on any atom is 0.251 e. The summed E-state index contributed by atoms with van der Waals surface area (Å²) in [6, 6.07) is 13.6. The topological polar surface area (TPSA) is 53.2 Å². The molecule has 2 rings (SSSR count). The molecule has 0 spiro atoms. The van der Waals surface area contributed by atoms with E-state index < -0.39 is 0 Å². The van der Waals surface area contributed by atoms with Gasteiger partial charge in [0.05, 0.1) is 0 Å². The lowest BCUT2D eigenvalue weighted by Crippen LogP contribution is -2.26. The summed E-state index contributed by atoms with van der Waals surface area (Å²) in [4.78, 5) is 13.1. The molecule has 4 nitrogen and oxygen atoms in total. The molecule has 0 bridgehead atoms. The molecule has 0 atom stereocenters. The van der Waals surface area contributed by atoms with Gasteiger partial charge in [-0.3, -0.25) is 4.79 Å². The smallest absolute Gasteiger partial charge is 0.251 e. The van der Waals surface area contributed by atoms with Crippen molar-refractivity contribution in [2.24, 2.45) is 0 Å². The third-order valence-corrected chi connectivity index (χ3v) is 4.86. The van der Waals surface area contributed by atoms with E-state index in [1.807, 2.05) is 69.6 Å². The van der Waals surface area contributed by atoms with Crippen LogP contribution in [0.2, 0.25) is 5.02 Å². The van der Waals surface area contributed by atoms with E-state index in [1.165, 1.54) is 0 Å². The molecule has 0 aliphatic heterocycles. The minimum Gasteiger partial charge on any atom is -0.388 e. The van der Waals surface area contributed by atoms with E-state index in [1.54, 1.807) is 0 Å². The Bertz CT molecular complexity index is 903. The van der Waals surface area contributed by atoms with Crippen molar-refractivity contribution in [1.29, 1.82) is 0 Å². The second-order valence-corrected chi connectivity index (χ2v) is 7.02. The number of nitrogens with one attached hydrogen (secondary N) is 3. The summed E-state index contributed by atoms with van der Waals surface area (Å²) in [5, 5.41) is 10.1. The number of amides is 1. The average molecular weight is 412 g/mol. The van der Waals surface area contributed by atoms with E-state index in [0.29, 0.717) is 17.1 Å². The van der Waals surface area contributed by atoms with Gasteiger partial charge in [-0.05, 0) is 42.7 Å². The van der Waals surface area contributed by atoms with E-state index in [-0.39, 0.29) is 5.91 Å². The number of para-hydroxylation sites is 1. The molecule has 154 valence electrons. The minimum atomic E-state index is -0.0930. The van der Waals surface area contributed by atoms with E-state index >= 15 is 0 Å². The average Bonchev–Trinajstić information content (AvgIpc) is 2.74. The number of carbonyl (C=O) groups excluding carboxylic acids is 1. The molecule has 0 saturated heterocycles. The number of hydrogen-bond acceptors (Lipinski definition) is 3. The molecule has 2 aromatic carbocycles. The van der Waals surface area contributed by atoms with Crippen LogP contribution in [-0.2, 0) is 4.79 Å². The lowest BCUT2D eigenvalue weighted by Gasteiger charge is -2.17. The Hall–Kier alpha value is -2.72. The molecule has 3 N–H and O–H groups in total. The molecule has 5 heteroatoms. The van der Waals surface area contributed by atoms with Crippen LogP contribution in [0.3, 0.4) is 0 Å². The van der Waals surface area contributed by atoms with Crippen molar-refractivity contribution >= 4 is 40.0 Å². The van der Waals surface area contributed by atoms with Gasteiger partial charge in [0.1, 0.15) is 0 Å². The molecule has 0 aromatic heterocycles. The Morgan fingerprint density at radius 2 is 1.59 bits per heavy atom. The molecule has 29 heavy (non-hydrogen) atoms. The van der Waals surface area contributed by atoms with Crippen molar-refractivity contribution in [3.63, 3.8) is 0 Å². The summed E-state index contributed by atoms with van der Waals surface area (Å²) in [6.45, 7) is 4.53. The highest BCUT2D eigenvalue weighted by Gasteiger charge is 2.16. The van der Waals surface area contributed by atoms with Crippen molar-refractivity contribution in [2.75, 3.05) is 31.3 Å². The second kappa shape index (κ2) is 11.3. The largest absolute Gasteiger partial charge is 0.388 e. The van der Waals surface area contributed by atoms with Crippen molar-refractivity contribution < 1.29 is 4.79 Å². The first-order valence-electron chi connectivity index (χ1n) is 9.97. The van der Waals surface area contributed by atoms with Crippen LogP contribution >= 0.6 is 11.6 Å². The Labute approximate surface area is 179 Å². The zero-order chi connectivity index (χ0) is 21.2. The first-order valence-corrected chi connectivity index (χ1v) is 10.4. The first-order chi connectivity index (χ1) is 14.0. The van der Waals surface area contributed by atoms with Crippen LogP contribution in [0, 0.1) is 0 Å². The van der Waals surface area contributed by atoms with Gasteiger partial charge in [-0.25, -0.2) is 0 Å². The normalized spacial score (nSPS) is 11.9. The van der Waals surface area contributed by atoms with Gasteiger partial charge in [-0.2, -0.15) is 0 Å². The summed E-state index contributed by atoms with van der Waals surface area (Å²) in [5.74, 6) is -0.0930. The highest BCUT2D eigenvalue weighted by Crippen LogP contribution is 2.28. The van der Waals surface area contributed by atoms with Crippen molar-refractivity contribution in [3.8, 4) is 0 Å². The quantitative estimate of drug-likeness (QED) is 0.455. The fourth-order valence-corrected chi connectivity index (χ4v) is 3.43. The first kappa shape index (κ1) is 22.6. The number of allylic oxidation sites excluding steroid dienone is 2. The maximum absolute atomic E-state index is 13.1. The van der Waals surface area contributed by atoms with Gasteiger partial charge >= 0.3 is 0 Å². The molecular weight excluding hydrogens is 382 g/mol. The number of benzene rings is 2. The zero-order valence-electron chi connectivity index (χ0n) is 17.6. The van der Waals surface area contributed by atoms with E-state index in [4.69, 9.17) is 11.6 Å². The number of carbonyl (C=O) groups is 1. The van der Waals surface area contributed by atoms with Gasteiger partial charge in [-0.1, -0.05) is 55.8 Å². The number of halogens is 1. The molecule has 0 heterocycles. The molecule has 0 radical (unpaired) electrons. The van der Waals surface area contributed by atoms with Crippen molar-refractivity contribution in [1.82, 2.24) is 5.32 Å². The van der Waals surface area contributed by atoms with Crippen LogP contribution in [-0.4, -0.2) is 26.5 Å². The van der Waals surface area contributed by atoms with Crippen LogP contribution in [0.4, 0.5) is 11.4 Å². The summed E-state index contributed by atoms with van der Waals surface area (Å²) in [7, 11) is 3.74. The Morgan fingerprint density at radius 3 is 2.24 bits per heavy atom. The summed E-state index contributed by atoms with van der Waals surface area (Å²) in [5.41, 5.74) is 5.51. The minimum absolute atomic E-state index is 0.0930. The summed E-state index contributed by atoms with van der Waals surface area (Å²) in [6.07, 6.45) is 5.72. The fourth-order valence-electron chi connectivity index (χ4n) is 3.26. The maximum atomic E-state index is 13.1. The lowest BCUT2D eigenvalue weighted by atomic mass is 10.00. The second-order valence-electron chi connectivity index (χ2n) is 6.58. The lowest BCUT2D eigenvalue weighted by molar-refractivity contribution is -0.115. The van der Waals surface area contributed by atoms with Crippen LogP contribution in [0.1, 0.15) is 37.8 Å². The Kier molecular flexibility index (Phi) is 8.81. The van der Waals surface area contributed by atoms with E-state index in [9.17, 15) is 4.79 Å². The van der Waals surface area contributed by atoms with Gasteiger partial charge < -0.3 is 16.0 Å².